The van der Waals surface area contributed by atoms with Gasteiger partial charge in [0.25, 0.3) is 0 Å². The van der Waals surface area contributed by atoms with Crippen molar-refractivity contribution in [2.45, 2.75) is 64.3 Å². The summed E-state index contributed by atoms with van der Waals surface area (Å²) in [7, 11) is 0. The lowest BCUT2D eigenvalue weighted by Crippen LogP contribution is -2.09. The van der Waals surface area contributed by atoms with Crippen LogP contribution in [0.25, 0.3) is 0 Å². The van der Waals surface area contributed by atoms with E-state index in [0.717, 1.165) is 25.7 Å². The Kier molecular flexibility index (Phi) is 8.21. The fraction of sp³-hybridized carbons (Fsp3) is 0.625. The van der Waals surface area contributed by atoms with E-state index in [1.165, 1.54) is 32.1 Å². The molecule has 0 saturated carbocycles. The average Bonchev–Trinajstić information content (AvgIpc) is 2.89. The van der Waals surface area contributed by atoms with Crippen molar-refractivity contribution in [3.63, 3.8) is 0 Å². The molecule has 0 saturated heterocycles. The van der Waals surface area contributed by atoms with Crippen LogP contribution in [0.1, 0.15) is 68.3 Å². The number of aromatic nitrogens is 2. The SMILES string of the molecule is C#CCCCCCCCCCCn1nccc1C(=O)O. The van der Waals surface area contributed by atoms with Crippen LogP contribution in [0.3, 0.4) is 0 Å². The van der Waals surface area contributed by atoms with Gasteiger partial charge in [0.15, 0.2) is 0 Å². The van der Waals surface area contributed by atoms with Gasteiger partial charge < -0.3 is 5.11 Å². The van der Waals surface area contributed by atoms with Crippen LogP contribution in [0.15, 0.2) is 12.3 Å². The van der Waals surface area contributed by atoms with Gasteiger partial charge in [0.1, 0.15) is 5.69 Å². The van der Waals surface area contributed by atoms with E-state index in [2.05, 4.69) is 11.0 Å². The van der Waals surface area contributed by atoms with Crippen LogP contribution in [0.4, 0.5) is 0 Å². The molecule has 0 spiro atoms. The summed E-state index contributed by atoms with van der Waals surface area (Å²) < 4.78 is 1.57. The largest absolute Gasteiger partial charge is 0.477 e. The molecular weight excluding hydrogens is 252 g/mol. The molecule has 0 fully saturated rings. The van der Waals surface area contributed by atoms with Gasteiger partial charge in [0.05, 0.1) is 0 Å². The lowest BCUT2D eigenvalue weighted by molar-refractivity contribution is 0.0683. The Bertz CT molecular complexity index is 432. The number of hydrogen-bond donors (Lipinski definition) is 1. The van der Waals surface area contributed by atoms with Gasteiger partial charge in [-0.05, 0) is 18.9 Å². The smallest absolute Gasteiger partial charge is 0.354 e. The van der Waals surface area contributed by atoms with Gasteiger partial charge in [0, 0.05) is 19.2 Å². The Hall–Kier alpha value is -1.76. The summed E-state index contributed by atoms with van der Waals surface area (Å²) >= 11 is 0. The number of hydrogen-bond acceptors (Lipinski definition) is 2. The van der Waals surface area contributed by atoms with Crippen LogP contribution in [-0.4, -0.2) is 20.9 Å². The minimum atomic E-state index is -0.908. The van der Waals surface area contributed by atoms with Crippen LogP contribution >= 0.6 is 0 Å². The van der Waals surface area contributed by atoms with Crippen LogP contribution in [0, 0.1) is 12.3 Å². The van der Waals surface area contributed by atoms with Gasteiger partial charge in [-0.1, -0.05) is 38.5 Å². The molecule has 4 heteroatoms. The van der Waals surface area contributed by atoms with Gasteiger partial charge >= 0.3 is 5.97 Å². The molecule has 0 amide bonds. The van der Waals surface area contributed by atoms with Crippen molar-refractivity contribution in [3.05, 3.63) is 18.0 Å². The Balaban J connectivity index is 1.98. The highest BCUT2D eigenvalue weighted by Gasteiger charge is 2.08. The average molecular weight is 276 g/mol. The molecule has 0 aliphatic rings. The first-order valence-electron chi connectivity index (χ1n) is 7.44. The van der Waals surface area contributed by atoms with Gasteiger partial charge in [-0.25, -0.2) is 4.79 Å². The van der Waals surface area contributed by atoms with Crippen molar-refractivity contribution in [1.29, 1.82) is 0 Å². The Morgan fingerprint density at radius 2 is 1.75 bits per heavy atom. The molecule has 1 heterocycles. The molecule has 20 heavy (non-hydrogen) atoms. The zero-order valence-corrected chi connectivity index (χ0v) is 12.1. The van der Waals surface area contributed by atoms with E-state index in [-0.39, 0.29) is 5.69 Å². The quantitative estimate of drug-likeness (QED) is 0.495. The highest BCUT2D eigenvalue weighted by Crippen LogP contribution is 2.10. The molecule has 1 aromatic rings. The number of nitrogens with zero attached hydrogens (tertiary/aromatic N) is 2. The van der Waals surface area contributed by atoms with Crippen molar-refractivity contribution in [3.8, 4) is 12.3 Å². The first kappa shape index (κ1) is 16.3. The zero-order chi connectivity index (χ0) is 14.6. The van der Waals surface area contributed by atoms with E-state index in [4.69, 9.17) is 11.5 Å². The maximum absolute atomic E-state index is 10.9. The Morgan fingerprint density at radius 3 is 2.35 bits per heavy atom. The summed E-state index contributed by atoms with van der Waals surface area (Å²) in [6.07, 6.45) is 17.1. The standard InChI is InChI=1S/C16H24N2O2/c1-2-3-4-5-6-7-8-9-10-11-14-18-15(16(19)20)12-13-17-18/h1,12-13H,3-11,14H2,(H,19,20). The molecule has 1 rings (SSSR count). The molecule has 4 nitrogen and oxygen atoms in total. The predicted molar refractivity (Wildman–Crippen MR) is 79.6 cm³/mol. The lowest BCUT2D eigenvalue weighted by Gasteiger charge is -2.04. The van der Waals surface area contributed by atoms with E-state index >= 15 is 0 Å². The number of carbonyl (C=O) groups is 1. The van der Waals surface area contributed by atoms with Crippen LogP contribution < -0.4 is 0 Å². The monoisotopic (exact) mass is 276 g/mol. The summed E-state index contributed by atoms with van der Waals surface area (Å²) in [6.45, 7) is 0.691. The van der Waals surface area contributed by atoms with Crippen LogP contribution in [-0.2, 0) is 6.54 Å². The first-order chi connectivity index (χ1) is 9.75. The molecule has 0 radical (unpaired) electrons. The summed E-state index contributed by atoms with van der Waals surface area (Å²) in [5, 5.41) is 13.0. The summed E-state index contributed by atoms with van der Waals surface area (Å²) in [6, 6.07) is 1.54. The molecule has 0 aliphatic carbocycles. The number of carboxylic acids is 1. The second-order valence-corrected chi connectivity index (χ2v) is 5.03. The zero-order valence-electron chi connectivity index (χ0n) is 12.1. The van der Waals surface area contributed by atoms with Gasteiger partial charge in [-0.2, -0.15) is 5.10 Å². The minimum absolute atomic E-state index is 0.276. The normalized spacial score (nSPS) is 10.3. The number of terminal acetylenes is 1. The lowest BCUT2D eigenvalue weighted by atomic mass is 10.1. The van der Waals surface area contributed by atoms with Crippen LogP contribution in [0.2, 0.25) is 0 Å². The molecule has 0 atom stereocenters. The maximum atomic E-state index is 10.9. The van der Waals surface area contributed by atoms with Crippen LogP contribution in [0.5, 0.6) is 0 Å². The van der Waals surface area contributed by atoms with Crippen molar-refractivity contribution >= 4 is 5.97 Å². The molecule has 0 aromatic carbocycles. The second kappa shape index (κ2) is 10.1. The van der Waals surface area contributed by atoms with Crippen molar-refractivity contribution < 1.29 is 9.90 Å². The van der Waals surface area contributed by atoms with E-state index in [1.807, 2.05) is 0 Å². The Morgan fingerprint density at radius 1 is 1.15 bits per heavy atom. The third kappa shape index (κ3) is 6.42. The second-order valence-electron chi connectivity index (χ2n) is 5.03. The number of unbranched alkanes of at least 4 members (excludes halogenated alkanes) is 8. The summed E-state index contributed by atoms with van der Waals surface area (Å²) in [5.74, 6) is 1.75. The van der Waals surface area contributed by atoms with Crippen molar-refractivity contribution in [1.82, 2.24) is 9.78 Å². The fourth-order valence-corrected chi connectivity index (χ4v) is 2.24. The summed E-state index contributed by atoms with van der Waals surface area (Å²) in [5.41, 5.74) is 0.276. The fourth-order valence-electron chi connectivity index (χ4n) is 2.24. The van der Waals surface area contributed by atoms with Crippen molar-refractivity contribution in [2.24, 2.45) is 0 Å². The molecule has 0 unspecified atom stereocenters. The molecule has 110 valence electrons. The van der Waals surface area contributed by atoms with E-state index in [9.17, 15) is 4.79 Å². The van der Waals surface area contributed by atoms with E-state index in [0.29, 0.717) is 6.54 Å². The Labute approximate surface area is 121 Å². The minimum Gasteiger partial charge on any atom is -0.477 e. The van der Waals surface area contributed by atoms with Gasteiger partial charge in [-0.3, -0.25) is 4.68 Å². The van der Waals surface area contributed by atoms with Gasteiger partial charge in [-0.15, -0.1) is 12.3 Å². The molecule has 1 aromatic heterocycles. The van der Waals surface area contributed by atoms with Gasteiger partial charge in [0.2, 0.25) is 0 Å². The molecule has 1 N–H and O–H groups in total. The molecule has 0 bridgehead atoms. The topological polar surface area (TPSA) is 55.1 Å². The number of rotatable bonds is 11. The predicted octanol–water partition coefficient (Wildman–Crippen LogP) is 3.73. The third-order valence-corrected chi connectivity index (χ3v) is 3.38. The highest BCUT2D eigenvalue weighted by molar-refractivity contribution is 5.85. The van der Waals surface area contributed by atoms with Crippen molar-refractivity contribution in [2.75, 3.05) is 0 Å². The number of carboxylic acid groups (broad SMARTS) is 1. The molecular formula is C16H24N2O2. The first-order valence-corrected chi connectivity index (χ1v) is 7.44. The number of aryl methyl sites for hydroxylation is 1. The highest BCUT2D eigenvalue weighted by atomic mass is 16.4. The number of aromatic carboxylic acids is 1. The van der Waals surface area contributed by atoms with E-state index < -0.39 is 5.97 Å². The van der Waals surface area contributed by atoms with E-state index in [1.54, 1.807) is 16.9 Å². The third-order valence-electron chi connectivity index (χ3n) is 3.38. The molecule has 0 aliphatic heterocycles. The summed E-state index contributed by atoms with van der Waals surface area (Å²) in [4.78, 5) is 10.9. The maximum Gasteiger partial charge on any atom is 0.354 e.